The average Bonchev–Trinajstić information content (AvgIpc) is 2.73. The Labute approximate surface area is 172 Å². The zero-order valence-electron chi connectivity index (χ0n) is 15.6. The molecule has 1 saturated heterocycles. The summed E-state index contributed by atoms with van der Waals surface area (Å²) in [5.41, 5.74) is 1.09. The van der Waals surface area contributed by atoms with Gasteiger partial charge in [-0.3, -0.25) is 4.90 Å². The van der Waals surface area contributed by atoms with Crippen molar-refractivity contribution in [2.75, 3.05) is 31.1 Å². The number of ether oxygens (including phenoxy) is 1. The van der Waals surface area contributed by atoms with Gasteiger partial charge < -0.3 is 9.64 Å². The Morgan fingerprint density at radius 1 is 0.897 bits per heavy atom. The molecule has 2 aromatic carbocycles. The smallest absolute Gasteiger partial charge is 0.224 e. The molecule has 0 spiro atoms. The molecule has 3 aromatic rings. The van der Waals surface area contributed by atoms with Gasteiger partial charge in [0.25, 0.3) is 0 Å². The van der Waals surface area contributed by atoms with Crippen LogP contribution in [0.4, 0.5) is 14.6 Å². The van der Waals surface area contributed by atoms with Crippen molar-refractivity contribution in [3.05, 3.63) is 77.1 Å². The highest BCUT2D eigenvalue weighted by Gasteiger charge is 2.19. The van der Waals surface area contributed by atoms with Crippen molar-refractivity contribution in [3.8, 4) is 11.6 Å². The van der Waals surface area contributed by atoms with Crippen LogP contribution in [0.2, 0.25) is 5.02 Å². The van der Waals surface area contributed by atoms with Crippen molar-refractivity contribution in [3.63, 3.8) is 0 Å². The van der Waals surface area contributed by atoms with E-state index in [2.05, 4.69) is 19.8 Å². The Morgan fingerprint density at radius 3 is 2.34 bits per heavy atom. The summed E-state index contributed by atoms with van der Waals surface area (Å²) in [6.45, 7) is 4.11. The normalized spacial score (nSPS) is 14.8. The summed E-state index contributed by atoms with van der Waals surface area (Å²) in [5.74, 6) is 0.792. The number of nitrogens with zero attached hydrogens (tertiary/aromatic N) is 4. The summed E-state index contributed by atoms with van der Waals surface area (Å²) in [4.78, 5) is 12.9. The molecule has 1 aliphatic heterocycles. The summed E-state index contributed by atoms with van der Waals surface area (Å²) in [6.07, 6.45) is 1.44. The minimum absolute atomic E-state index is 0.180. The number of anilines is 1. The minimum Gasteiger partial charge on any atom is -0.437 e. The Hall–Kier alpha value is -2.77. The zero-order chi connectivity index (χ0) is 20.2. The highest BCUT2D eigenvalue weighted by Crippen LogP contribution is 2.30. The molecule has 0 unspecified atom stereocenters. The fourth-order valence-electron chi connectivity index (χ4n) is 3.21. The third-order valence-electron chi connectivity index (χ3n) is 4.75. The van der Waals surface area contributed by atoms with Gasteiger partial charge in [-0.2, -0.15) is 0 Å². The molecule has 1 fully saturated rings. The quantitative estimate of drug-likeness (QED) is 0.611. The van der Waals surface area contributed by atoms with Gasteiger partial charge in [0.15, 0.2) is 0 Å². The van der Waals surface area contributed by atoms with Crippen molar-refractivity contribution in [2.45, 2.75) is 6.54 Å². The Morgan fingerprint density at radius 2 is 1.62 bits per heavy atom. The van der Waals surface area contributed by atoms with Gasteiger partial charge in [0.05, 0.1) is 5.02 Å². The second kappa shape index (κ2) is 8.71. The van der Waals surface area contributed by atoms with Crippen LogP contribution in [-0.2, 0) is 6.54 Å². The average molecular weight is 417 g/mol. The Balaban J connectivity index is 1.37. The molecule has 0 bridgehead atoms. The first-order chi connectivity index (χ1) is 14.1. The lowest BCUT2D eigenvalue weighted by atomic mass is 10.2. The number of aromatic nitrogens is 2. The first kappa shape index (κ1) is 19.5. The Kier molecular flexibility index (Phi) is 5.87. The maximum atomic E-state index is 13.2. The van der Waals surface area contributed by atoms with Crippen LogP contribution in [-0.4, -0.2) is 41.0 Å². The van der Waals surface area contributed by atoms with E-state index in [0.717, 1.165) is 44.1 Å². The van der Waals surface area contributed by atoms with E-state index < -0.39 is 5.82 Å². The number of hydrogen-bond acceptors (Lipinski definition) is 5. The van der Waals surface area contributed by atoms with E-state index in [9.17, 15) is 8.78 Å². The van der Waals surface area contributed by atoms with E-state index in [1.165, 1.54) is 36.7 Å². The van der Waals surface area contributed by atoms with E-state index in [1.54, 1.807) is 6.07 Å². The van der Waals surface area contributed by atoms with E-state index in [0.29, 0.717) is 11.6 Å². The molecule has 1 aromatic heterocycles. The van der Waals surface area contributed by atoms with Gasteiger partial charge in [-0.1, -0.05) is 23.7 Å². The lowest BCUT2D eigenvalue weighted by molar-refractivity contribution is 0.249. The van der Waals surface area contributed by atoms with E-state index in [1.807, 2.05) is 12.1 Å². The van der Waals surface area contributed by atoms with E-state index >= 15 is 0 Å². The van der Waals surface area contributed by atoms with Crippen LogP contribution in [0.1, 0.15) is 5.56 Å². The van der Waals surface area contributed by atoms with Crippen LogP contribution in [0.15, 0.2) is 54.9 Å². The summed E-state index contributed by atoms with van der Waals surface area (Å²) in [7, 11) is 0. The lowest BCUT2D eigenvalue weighted by Gasteiger charge is -2.35. The van der Waals surface area contributed by atoms with Crippen molar-refractivity contribution in [2.24, 2.45) is 0 Å². The van der Waals surface area contributed by atoms with Gasteiger partial charge in [-0.05, 0) is 35.9 Å². The molecule has 1 aliphatic rings. The fourth-order valence-corrected chi connectivity index (χ4v) is 3.42. The first-order valence-electron chi connectivity index (χ1n) is 9.23. The van der Waals surface area contributed by atoms with Crippen molar-refractivity contribution in [1.29, 1.82) is 0 Å². The number of rotatable bonds is 5. The number of hydrogen-bond donors (Lipinski definition) is 0. The highest BCUT2D eigenvalue weighted by molar-refractivity contribution is 6.32. The molecule has 5 nitrogen and oxygen atoms in total. The second-order valence-electron chi connectivity index (χ2n) is 6.78. The van der Waals surface area contributed by atoms with Gasteiger partial charge in [0.1, 0.15) is 29.5 Å². The SMILES string of the molecule is Fc1ccc(CN2CCN(c3cc(Oc4ccc(F)cc4Cl)ncn3)CC2)cc1. The van der Waals surface area contributed by atoms with Crippen molar-refractivity contribution >= 4 is 17.4 Å². The first-order valence-corrected chi connectivity index (χ1v) is 9.61. The zero-order valence-corrected chi connectivity index (χ0v) is 16.3. The molecule has 8 heteroatoms. The third kappa shape index (κ3) is 4.99. The van der Waals surface area contributed by atoms with E-state index in [-0.39, 0.29) is 10.8 Å². The summed E-state index contributed by atoms with van der Waals surface area (Å²) < 4.78 is 31.9. The molecule has 0 atom stereocenters. The monoisotopic (exact) mass is 416 g/mol. The number of piperazine rings is 1. The minimum atomic E-state index is -0.427. The molecule has 0 aliphatic carbocycles. The molecule has 0 radical (unpaired) electrons. The standard InChI is InChI=1S/C21H19ClF2N4O/c22-18-11-17(24)5-6-19(18)29-21-12-20(25-14-26-21)28-9-7-27(8-10-28)13-15-1-3-16(23)4-2-15/h1-6,11-12,14H,7-10,13H2. The molecule has 29 heavy (non-hydrogen) atoms. The van der Waals surface area contributed by atoms with E-state index in [4.69, 9.17) is 16.3 Å². The topological polar surface area (TPSA) is 41.5 Å². The van der Waals surface area contributed by atoms with Crippen LogP contribution in [0.3, 0.4) is 0 Å². The largest absolute Gasteiger partial charge is 0.437 e. The molecule has 0 saturated carbocycles. The van der Waals surface area contributed by atoms with Crippen LogP contribution >= 0.6 is 11.6 Å². The summed E-state index contributed by atoms with van der Waals surface area (Å²) in [6, 6.07) is 12.3. The molecule has 0 amide bonds. The second-order valence-corrected chi connectivity index (χ2v) is 7.19. The molecular weight excluding hydrogens is 398 g/mol. The number of benzene rings is 2. The predicted octanol–water partition coefficient (Wildman–Crippen LogP) is 4.52. The maximum Gasteiger partial charge on any atom is 0.224 e. The van der Waals surface area contributed by atoms with Crippen molar-refractivity contribution < 1.29 is 13.5 Å². The van der Waals surface area contributed by atoms with Gasteiger partial charge in [0.2, 0.25) is 5.88 Å². The van der Waals surface area contributed by atoms with Gasteiger partial charge >= 0.3 is 0 Å². The van der Waals surface area contributed by atoms with Gasteiger partial charge in [0, 0.05) is 38.8 Å². The molecule has 150 valence electrons. The third-order valence-corrected chi connectivity index (χ3v) is 5.05. The molecule has 4 rings (SSSR count). The molecule has 2 heterocycles. The molecule has 0 N–H and O–H groups in total. The lowest BCUT2D eigenvalue weighted by Crippen LogP contribution is -2.46. The Bertz CT molecular complexity index is 979. The highest BCUT2D eigenvalue weighted by atomic mass is 35.5. The summed E-state index contributed by atoms with van der Waals surface area (Å²) >= 11 is 6.01. The van der Waals surface area contributed by atoms with Crippen LogP contribution in [0.25, 0.3) is 0 Å². The van der Waals surface area contributed by atoms with Crippen LogP contribution in [0.5, 0.6) is 11.6 Å². The fraction of sp³-hybridized carbons (Fsp3) is 0.238. The molecular formula is C21H19ClF2N4O. The van der Waals surface area contributed by atoms with Crippen molar-refractivity contribution in [1.82, 2.24) is 14.9 Å². The van der Waals surface area contributed by atoms with Gasteiger partial charge in [-0.15, -0.1) is 0 Å². The number of halogens is 3. The van der Waals surface area contributed by atoms with Crippen LogP contribution in [0, 0.1) is 11.6 Å². The van der Waals surface area contributed by atoms with Crippen LogP contribution < -0.4 is 9.64 Å². The maximum absolute atomic E-state index is 13.2. The predicted molar refractivity (Wildman–Crippen MR) is 107 cm³/mol. The summed E-state index contributed by atoms with van der Waals surface area (Å²) in [5, 5.41) is 0.180. The van der Waals surface area contributed by atoms with Gasteiger partial charge in [-0.25, -0.2) is 18.7 Å².